The molecule has 2 rings (SSSR count). The van der Waals surface area contributed by atoms with Crippen LogP contribution in [0.2, 0.25) is 0 Å². The van der Waals surface area contributed by atoms with Crippen LogP contribution >= 0.6 is 0 Å². The third-order valence-electron chi connectivity index (χ3n) is 2.88. The van der Waals surface area contributed by atoms with Crippen LogP contribution in [0.3, 0.4) is 0 Å². The molecular formula is C16H15NO3. The fourth-order valence-corrected chi connectivity index (χ4v) is 1.76. The normalized spacial score (nSPS) is 11.5. The van der Waals surface area contributed by atoms with Crippen molar-refractivity contribution >= 4 is 0 Å². The lowest BCUT2D eigenvalue weighted by molar-refractivity contribution is 0.199. The summed E-state index contributed by atoms with van der Waals surface area (Å²) in [5.41, 5.74) is 1.34. The van der Waals surface area contributed by atoms with Crippen LogP contribution in [0.4, 0.5) is 0 Å². The monoisotopic (exact) mass is 269 g/mol. The Morgan fingerprint density at radius 3 is 2.35 bits per heavy atom. The largest absolute Gasteiger partial charge is 0.493 e. The Bertz CT molecular complexity index is 627. The standard InChI is InChI=1S/C16H15NO3/c1-11(18)13-4-6-14(7-5-13)20-15-8-3-12(10-17)9-16(15)19-2/h3-9,11,18H,1-2H3/t11-/m0/s1. The van der Waals surface area contributed by atoms with E-state index in [0.29, 0.717) is 22.8 Å². The van der Waals surface area contributed by atoms with Gasteiger partial charge in [-0.3, -0.25) is 0 Å². The summed E-state index contributed by atoms with van der Waals surface area (Å²) >= 11 is 0. The lowest BCUT2D eigenvalue weighted by Crippen LogP contribution is -1.93. The second kappa shape index (κ2) is 6.09. The first-order chi connectivity index (χ1) is 9.63. The molecule has 0 fully saturated rings. The van der Waals surface area contributed by atoms with Crippen LogP contribution in [0.5, 0.6) is 17.2 Å². The van der Waals surface area contributed by atoms with Crippen LogP contribution < -0.4 is 9.47 Å². The van der Waals surface area contributed by atoms with Gasteiger partial charge in [-0.2, -0.15) is 5.26 Å². The van der Waals surface area contributed by atoms with Crippen molar-refractivity contribution in [2.24, 2.45) is 0 Å². The van der Waals surface area contributed by atoms with Gasteiger partial charge in [0.1, 0.15) is 5.75 Å². The van der Waals surface area contributed by atoms with Crippen molar-refractivity contribution in [2.75, 3.05) is 7.11 Å². The van der Waals surface area contributed by atoms with Crippen LogP contribution in [-0.2, 0) is 0 Å². The molecule has 0 bridgehead atoms. The topological polar surface area (TPSA) is 62.5 Å². The average molecular weight is 269 g/mol. The van der Waals surface area contributed by atoms with Crippen LogP contribution in [0.15, 0.2) is 42.5 Å². The van der Waals surface area contributed by atoms with Gasteiger partial charge in [0.15, 0.2) is 11.5 Å². The zero-order chi connectivity index (χ0) is 14.5. The summed E-state index contributed by atoms with van der Waals surface area (Å²) < 4.78 is 10.9. The minimum absolute atomic E-state index is 0.503. The molecule has 4 heteroatoms. The molecule has 0 spiro atoms. The minimum atomic E-state index is -0.506. The van der Waals surface area contributed by atoms with Gasteiger partial charge in [-0.25, -0.2) is 0 Å². The Hall–Kier alpha value is -2.51. The van der Waals surface area contributed by atoms with Crippen molar-refractivity contribution in [1.29, 1.82) is 5.26 Å². The van der Waals surface area contributed by atoms with Gasteiger partial charge < -0.3 is 14.6 Å². The molecule has 1 atom stereocenters. The van der Waals surface area contributed by atoms with Crippen LogP contribution in [-0.4, -0.2) is 12.2 Å². The van der Waals surface area contributed by atoms with E-state index in [4.69, 9.17) is 14.7 Å². The van der Waals surface area contributed by atoms with E-state index in [9.17, 15) is 5.11 Å². The molecule has 2 aromatic rings. The number of hydrogen-bond acceptors (Lipinski definition) is 4. The highest BCUT2D eigenvalue weighted by atomic mass is 16.5. The molecule has 0 unspecified atom stereocenters. The summed E-state index contributed by atoms with van der Waals surface area (Å²) in [5, 5.41) is 18.3. The molecule has 0 saturated heterocycles. The van der Waals surface area contributed by atoms with Crippen molar-refractivity contribution in [1.82, 2.24) is 0 Å². The fourth-order valence-electron chi connectivity index (χ4n) is 1.76. The molecule has 0 aliphatic heterocycles. The fraction of sp³-hybridized carbons (Fsp3) is 0.188. The van der Waals surface area contributed by atoms with E-state index in [-0.39, 0.29) is 0 Å². The maximum absolute atomic E-state index is 9.45. The zero-order valence-corrected chi connectivity index (χ0v) is 11.3. The maximum atomic E-state index is 9.45. The van der Waals surface area contributed by atoms with Crippen molar-refractivity contribution in [2.45, 2.75) is 13.0 Å². The number of nitrogens with zero attached hydrogens (tertiary/aromatic N) is 1. The van der Waals surface area contributed by atoms with Crippen molar-refractivity contribution in [3.8, 4) is 23.3 Å². The first kappa shape index (κ1) is 13.9. The second-order valence-corrected chi connectivity index (χ2v) is 4.32. The van der Waals surface area contributed by atoms with Crippen LogP contribution in [0, 0.1) is 11.3 Å². The Kier molecular flexibility index (Phi) is 4.24. The Balaban J connectivity index is 2.23. The molecule has 0 heterocycles. The van der Waals surface area contributed by atoms with Gasteiger partial charge in [0.2, 0.25) is 0 Å². The van der Waals surface area contributed by atoms with Gasteiger partial charge >= 0.3 is 0 Å². The summed E-state index contributed by atoms with van der Waals surface area (Å²) in [6.45, 7) is 1.71. The number of benzene rings is 2. The third-order valence-corrected chi connectivity index (χ3v) is 2.88. The molecule has 4 nitrogen and oxygen atoms in total. The molecule has 0 radical (unpaired) electrons. The van der Waals surface area contributed by atoms with Gasteiger partial charge in [0.05, 0.1) is 24.8 Å². The summed E-state index contributed by atoms with van der Waals surface area (Å²) in [4.78, 5) is 0. The lowest BCUT2D eigenvalue weighted by atomic mass is 10.1. The molecule has 1 N–H and O–H groups in total. The SMILES string of the molecule is COc1cc(C#N)ccc1Oc1ccc([C@H](C)O)cc1. The summed E-state index contributed by atoms with van der Waals surface area (Å²) in [6.07, 6.45) is -0.506. The van der Waals surface area contributed by atoms with Gasteiger partial charge in [-0.1, -0.05) is 12.1 Å². The third kappa shape index (κ3) is 3.08. The smallest absolute Gasteiger partial charge is 0.169 e. The highest BCUT2D eigenvalue weighted by molar-refractivity contribution is 5.48. The molecule has 2 aromatic carbocycles. The number of methoxy groups -OCH3 is 1. The number of rotatable bonds is 4. The van der Waals surface area contributed by atoms with Crippen molar-refractivity contribution < 1.29 is 14.6 Å². The average Bonchev–Trinajstić information content (AvgIpc) is 2.48. The molecule has 102 valence electrons. The van der Waals surface area contributed by atoms with Crippen LogP contribution in [0.1, 0.15) is 24.2 Å². The molecule has 0 amide bonds. The van der Waals surface area contributed by atoms with Gasteiger partial charge in [0, 0.05) is 6.07 Å². The quantitative estimate of drug-likeness (QED) is 0.923. The molecular weight excluding hydrogens is 254 g/mol. The lowest BCUT2D eigenvalue weighted by Gasteiger charge is -2.11. The summed E-state index contributed by atoms with van der Waals surface area (Å²) in [6, 6.07) is 14.2. The van der Waals surface area contributed by atoms with Gasteiger partial charge in [-0.15, -0.1) is 0 Å². The number of aliphatic hydroxyl groups excluding tert-OH is 1. The van der Waals surface area contributed by atoms with Crippen molar-refractivity contribution in [3.05, 3.63) is 53.6 Å². The van der Waals surface area contributed by atoms with Crippen molar-refractivity contribution in [3.63, 3.8) is 0 Å². The van der Waals surface area contributed by atoms with Crippen LogP contribution in [0.25, 0.3) is 0 Å². The predicted octanol–water partition coefficient (Wildman–Crippen LogP) is 3.41. The number of ether oxygens (including phenoxy) is 2. The first-order valence-corrected chi connectivity index (χ1v) is 6.18. The van der Waals surface area contributed by atoms with E-state index in [1.807, 2.05) is 6.07 Å². The van der Waals surface area contributed by atoms with Gasteiger partial charge in [-0.05, 0) is 36.8 Å². The Morgan fingerprint density at radius 2 is 1.80 bits per heavy atom. The van der Waals surface area contributed by atoms with E-state index in [2.05, 4.69) is 0 Å². The van der Waals surface area contributed by atoms with E-state index in [1.54, 1.807) is 49.4 Å². The molecule has 0 aliphatic rings. The van der Waals surface area contributed by atoms with E-state index in [0.717, 1.165) is 5.56 Å². The van der Waals surface area contributed by atoms with E-state index in [1.165, 1.54) is 7.11 Å². The molecule has 20 heavy (non-hydrogen) atoms. The summed E-state index contributed by atoms with van der Waals surface area (Å²) in [5.74, 6) is 1.68. The number of nitriles is 1. The minimum Gasteiger partial charge on any atom is -0.493 e. The van der Waals surface area contributed by atoms with Gasteiger partial charge in [0.25, 0.3) is 0 Å². The highest BCUT2D eigenvalue weighted by Gasteiger charge is 2.07. The summed E-state index contributed by atoms with van der Waals surface area (Å²) in [7, 11) is 1.53. The Morgan fingerprint density at radius 1 is 1.10 bits per heavy atom. The second-order valence-electron chi connectivity index (χ2n) is 4.32. The molecule has 0 aromatic heterocycles. The molecule has 0 aliphatic carbocycles. The highest BCUT2D eigenvalue weighted by Crippen LogP contribution is 2.32. The first-order valence-electron chi connectivity index (χ1n) is 6.18. The van der Waals surface area contributed by atoms with E-state index >= 15 is 0 Å². The molecule has 0 saturated carbocycles. The maximum Gasteiger partial charge on any atom is 0.169 e. The predicted molar refractivity (Wildman–Crippen MR) is 74.9 cm³/mol. The zero-order valence-electron chi connectivity index (χ0n) is 11.3. The Labute approximate surface area is 117 Å². The van der Waals surface area contributed by atoms with E-state index < -0.39 is 6.10 Å². The number of hydrogen-bond donors (Lipinski definition) is 1. The number of aliphatic hydroxyl groups is 1.